The second-order valence-corrected chi connectivity index (χ2v) is 5.27. The summed E-state index contributed by atoms with van der Waals surface area (Å²) >= 11 is 0. The third-order valence-electron chi connectivity index (χ3n) is 3.61. The van der Waals surface area contributed by atoms with Crippen molar-refractivity contribution in [3.63, 3.8) is 0 Å². The van der Waals surface area contributed by atoms with Crippen molar-refractivity contribution in [2.24, 2.45) is 0 Å². The van der Waals surface area contributed by atoms with Gasteiger partial charge < -0.3 is 10.2 Å². The van der Waals surface area contributed by atoms with Crippen molar-refractivity contribution in [1.29, 1.82) is 0 Å². The number of amides is 2. The highest BCUT2D eigenvalue weighted by atomic mass is 19.1. The topological polar surface area (TPSA) is 32.3 Å². The van der Waals surface area contributed by atoms with E-state index in [1.54, 1.807) is 24.1 Å². The maximum atomic E-state index is 12.8. The Morgan fingerprint density at radius 3 is 2.53 bits per heavy atom. The molecular formula is C15H21FN2O. The molecule has 4 heteroatoms. The summed E-state index contributed by atoms with van der Waals surface area (Å²) in [6, 6.07) is 6.53. The van der Waals surface area contributed by atoms with E-state index < -0.39 is 0 Å². The van der Waals surface area contributed by atoms with Gasteiger partial charge in [-0.15, -0.1) is 0 Å². The molecule has 104 valence electrons. The van der Waals surface area contributed by atoms with E-state index in [9.17, 15) is 9.18 Å². The lowest BCUT2D eigenvalue weighted by molar-refractivity contribution is 0.198. The van der Waals surface area contributed by atoms with Crippen LogP contribution >= 0.6 is 0 Å². The predicted molar refractivity (Wildman–Crippen MR) is 73.3 cm³/mol. The minimum absolute atomic E-state index is 0.0452. The van der Waals surface area contributed by atoms with Crippen LogP contribution in [0.15, 0.2) is 24.3 Å². The maximum absolute atomic E-state index is 12.8. The van der Waals surface area contributed by atoms with Crippen LogP contribution in [0.25, 0.3) is 0 Å². The minimum Gasteiger partial charge on any atom is -0.335 e. The standard InChI is InChI=1S/C15H21FN2O/c1-18(11-12-7-9-13(16)10-8-12)15(19)17-14-5-3-2-4-6-14/h7-10,14H,2-6,11H2,1H3,(H,17,19). The molecule has 0 bridgehead atoms. The summed E-state index contributed by atoms with van der Waals surface area (Å²) in [4.78, 5) is 13.7. The zero-order chi connectivity index (χ0) is 13.7. The molecular weight excluding hydrogens is 243 g/mol. The van der Waals surface area contributed by atoms with Crippen LogP contribution in [0.1, 0.15) is 37.7 Å². The number of urea groups is 1. The molecule has 2 amide bonds. The van der Waals surface area contributed by atoms with Gasteiger partial charge >= 0.3 is 6.03 Å². The fourth-order valence-corrected chi connectivity index (χ4v) is 2.47. The van der Waals surface area contributed by atoms with Gasteiger partial charge in [-0.3, -0.25) is 0 Å². The van der Waals surface area contributed by atoms with Crippen LogP contribution < -0.4 is 5.32 Å². The molecule has 19 heavy (non-hydrogen) atoms. The number of halogens is 1. The summed E-state index contributed by atoms with van der Waals surface area (Å²) in [5, 5.41) is 3.06. The number of hydrogen-bond donors (Lipinski definition) is 1. The molecule has 0 radical (unpaired) electrons. The Bertz CT molecular complexity index is 413. The molecule has 1 fully saturated rings. The summed E-state index contributed by atoms with van der Waals surface area (Å²) in [6.45, 7) is 0.499. The predicted octanol–water partition coefficient (Wildman–Crippen LogP) is 3.30. The molecule has 0 atom stereocenters. The van der Waals surface area contributed by atoms with E-state index in [0.717, 1.165) is 18.4 Å². The van der Waals surface area contributed by atoms with Crippen LogP contribution in [0, 0.1) is 5.82 Å². The number of carbonyl (C=O) groups is 1. The molecule has 0 aliphatic heterocycles. The molecule has 1 aliphatic rings. The Morgan fingerprint density at radius 2 is 1.89 bits per heavy atom. The lowest BCUT2D eigenvalue weighted by Crippen LogP contribution is -2.43. The first-order valence-electron chi connectivity index (χ1n) is 6.91. The molecule has 0 heterocycles. The molecule has 3 nitrogen and oxygen atoms in total. The molecule has 0 aromatic heterocycles. The summed E-state index contributed by atoms with van der Waals surface area (Å²) in [5.74, 6) is -0.252. The normalized spacial score (nSPS) is 16.1. The molecule has 2 rings (SSSR count). The van der Waals surface area contributed by atoms with Crippen LogP contribution in [-0.2, 0) is 6.54 Å². The van der Waals surface area contributed by atoms with Gasteiger partial charge in [-0.25, -0.2) is 9.18 Å². The lowest BCUT2D eigenvalue weighted by atomic mass is 9.96. The number of hydrogen-bond acceptors (Lipinski definition) is 1. The zero-order valence-corrected chi connectivity index (χ0v) is 11.4. The van der Waals surface area contributed by atoms with Crippen LogP contribution in [0.5, 0.6) is 0 Å². The molecule has 1 aromatic rings. The van der Waals surface area contributed by atoms with Crippen molar-refractivity contribution in [3.05, 3.63) is 35.6 Å². The van der Waals surface area contributed by atoms with Crippen LogP contribution in [0.2, 0.25) is 0 Å². The first kappa shape index (κ1) is 13.8. The van der Waals surface area contributed by atoms with Gasteiger partial charge in [-0.2, -0.15) is 0 Å². The van der Waals surface area contributed by atoms with Gasteiger partial charge in [0.05, 0.1) is 0 Å². The van der Waals surface area contributed by atoms with Gasteiger partial charge in [0, 0.05) is 19.6 Å². The summed E-state index contributed by atoms with van der Waals surface area (Å²) in [5.41, 5.74) is 0.933. The van der Waals surface area contributed by atoms with Gasteiger partial charge in [0.15, 0.2) is 0 Å². The maximum Gasteiger partial charge on any atom is 0.317 e. The third-order valence-corrected chi connectivity index (χ3v) is 3.61. The summed E-state index contributed by atoms with van der Waals surface area (Å²) in [6.07, 6.45) is 5.84. The van der Waals surface area contributed by atoms with E-state index in [-0.39, 0.29) is 11.8 Å². The van der Waals surface area contributed by atoms with E-state index in [1.807, 2.05) is 0 Å². The quantitative estimate of drug-likeness (QED) is 0.892. The van der Waals surface area contributed by atoms with Crippen molar-refractivity contribution in [2.45, 2.75) is 44.7 Å². The Morgan fingerprint density at radius 1 is 1.26 bits per heavy atom. The third kappa shape index (κ3) is 4.23. The van der Waals surface area contributed by atoms with Crippen LogP contribution in [0.4, 0.5) is 9.18 Å². The second-order valence-electron chi connectivity index (χ2n) is 5.27. The fraction of sp³-hybridized carbons (Fsp3) is 0.533. The van der Waals surface area contributed by atoms with Gasteiger partial charge in [-0.1, -0.05) is 31.4 Å². The minimum atomic E-state index is -0.252. The SMILES string of the molecule is CN(Cc1ccc(F)cc1)C(=O)NC1CCCCC1. The number of carbonyl (C=O) groups excluding carboxylic acids is 1. The Balaban J connectivity index is 1.83. The number of nitrogens with one attached hydrogen (secondary N) is 1. The van der Waals surface area contributed by atoms with Gasteiger partial charge in [0.1, 0.15) is 5.82 Å². The van der Waals surface area contributed by atoms with E-state index >= 15 is 0 Å². The largest absolute Gasteiger partial charge is 0.335 e. The van der Waals surface area contributed by atoms with E-state index in [1.165, 1.54) is 31.4 Å². The zero-order valence-electron chi connectivity index (χ0n) is 11.4. The summed E-state index contributed by atoms with van der Waals surface area (Å²) in [7, 11) is 1.77. The Kier molecular flexibility index (Phi) is 4.77. The average Bonchev–Trinajstić information content (AvgIpc) is 2.42. The molecule has 1 aromatic carbocycles. The molecule has 0 saturated heterocycles. The first-order valence-corrected chi connectivity index (χ1v) is 6.91. The first-order chi connectivity index (χ1) is 9.15. The van der Waals surface area contributed by atoms with Crippen molar-refractivity contribution >= 4 is 6.03 Å². The second kappa shape index (κ2) is 6.55. The van der Waals surface area contributed by atoms with Crippen molar-refractivity contribution < 1.29 is 9.18 Å². The highest BCUT2D eigenvalue weighted by molar-refractivity contribution is 5.74. The molecule has 1 aliphatic carbocycles. The number of rotatable bonds is 3. The van der Waals surface area contributed by atoms with E-state index in [4.69, 9.17) is 0 Å². The van der Waals surface area contributed by atoms with Gasteiger partial charge in [0.25, 0.3) is 0 Å². The Labute approximate surface area is 113 Å². The van der Waals surface area contributed by atoms with E-state index in [2.05, 4.69) is 5.32 Å². The highest BCUT2D eigenvalue weighted by Crippen LogP contribution is 2.17. The van der Waals surface area contributed by atoms with Crippen LogP contribution in [0.3, 0.4) is 0 Å². The van der Waals surface area contributed by atoms with Crippen molar-refractivity contribution in [1.82, 2.24) is 10.2 Å². The lowest BCUT2D eigenvalue weighted by Gasteiger charge is -2.26. The number of benzene rings is 1. The molecule has 0 unspecified atom stereocenters. The average molecular weight is 264 g/mol. The van der Waals surface area contributed by atoms with Gasteiger partial charge in [0.2, 0.25) is 0 Å². The van der Waals surface area contributed by atoms with E-state index in [0.29, 0.717) is 12.6 Å². The summed E-state index contributed by atoms with van der Waals surface area (Å²) < 4.78 is 12.8. The molecule has 1 N–H and O–H groups in total. The molecule has 0 spiro atoms. The molecule has 1 saturated carbocycles. The highest BCUT2D eigenvalue weighted by Gasteiger charge is 2.17. The van der Waals surface area contributed by atoms with Gasteiger partial charge in [-0.05, 0) is 30.5 Å². The van der Waals surface area contributed by atoms with Crippen molar-refractivity contribution in [2.75, 3.05) is 7.05 Å². The van der Waals surface area contributed by atoms with Crippen LogP contribution in [-0.4, -0.2) is 24.0 Å². The smallest absolute Gasteiger partial charge is 0.317 e. The fourth-order valence-electron chi connectivity index (χ4n) is 2.47. The Hall–Kier alpha value is -1.58. The van der Waals surface area contributed by atoms with Crippen molar-refractivity contribution in [3.8, 4) is 0 Å². The monoisotopic (exact) mass is 264 g/mol. The number of nitrogens with zero attached hydrogens (tertiary/aromatic N) is 1.